The van der Waals surface area contributed by atoms with Gasteiger partial charge in [-0.3, -0.25) is 0 Å². The fourth-order valence-corrected chi connectivity index (χ4v) is 4.05. The Morgan fingerprint density at radius 1 is 1.37 bits per heavy atom. The number of fused-ring (bicyclic) bond motifs is 1. The Morgan fingerprint density at radius 2 is 2.21 bits per heavy atom. The molecule has 0 radical (unpaired) electrons. The maximum absolute atomic E-state index is 5.87. The average molecular weight is 279 g/mol. The quantitative estimate of drug-likeness (QED) is 0.901. The Morgan fingerprint density at radius 3 is 2.95 bits per heavy atom. The molecule has 0 bridgehead atoms. The largest absolute Gasteiger partial charge is 0.496 e. The molecule has 104 valence electrons. The third-order valence-electron chi connectivity index (χ3n) is 3.78. The number of hydrogen-bond acceptors (Lipinski definition) is 4. The standard InChI is InChI=1S/C15H21NO2S/c1-9-6-11-7-14(17-3)12(8-13(11)18-9)15-16-5-4-10(2)19-15/h7-10,15-16H,4-6H2,1-3H3. The van der Waals surface area contributed by atoms with Crippen LogP contribution in [0.3, 0.4) is 0 Å². The van der Waals surface area contributed by atoms with Crippen molar-refractivity contribution in [2.24, 2.45) is 0 Å². The van der Waals surface area contributed by atoms with E-state index in [2.05, 4.69) is 31.3 Å². The number of nitrogens with one attached hydrogen (secondary N) is 1. The number of hydrogen-bond donors (Lipinski definition) is 1. The van der Waals surface area contributed by atoms with Crippen LogP contribution in [0.25, 0.3) is 0 Å². The number of rotatable bonds is 2. The molecule has 0 spiro atoms. The summed E-state index contributed by atoms with van der Waals surface area (Å²) >= 11 is 1.97. The highest BCUT2D eigenvalue weighted by Gasteiger charge is 2.27. The molecule has 2 aliphatic heterocycles. The van der Waals surface area contributed by atoms with Gasteiger partial charge in [-0.25, -0.2) is 0 Å². The van der Waals surface area contributed by atoms with Crippen molar-refractivity contribution < 1.29 is 9.47 Å². The zero-order valence-corrected chi connectivity index (χ0v) is 12.5. The summed E-state index contributed by atoms with van der Waals surface area (Å²) in [7, 11) is 1.75. The molecule has 2 aliphatic rings. The topological polar surface area (TPSA) is 30.5 Å². The van der Waals surface area contributed by atoms with Crippen molar-refractivity contribution in [2.45, 2.75) is 43.4 Å². The molecule has 4 heteroatoms. The van der Waals surface area contributed by atoms with Gasteiger partial charge in [-0.05, 0) is 32.0 Å². The molecule has 3 atom stereocenters. The molecule has 2 heterocycles. The molecule has 3 unspecified atom stereocenters. The minimum Gasteiger partial charge on any atom is -0.496 e. The summed E-state index contributed by atoms with van der Waals surface area (Å²) in [5.41, 5.74) is 2.48. The summed E-state index contributed by atoms with van der Waals surface area (Å²) in [6.07, 6.45) is 2.48. The van der Waals surface area contributed by atoms with Crippen molar-refractivity contribution in [1.82, 2.24) is 5.32 Å². The van der Waals surface area contributed by atoms with Crippen LogP contribution in [0.4, 0.5) is 0 Å². The second kappa shape index (κ2) is 5.25. The maximum atomic E-state index is 5.87. The lowest BCUT2D eigenvalue weighted by Crippen LogP contribution is -2.29. The van der Waals surface area contributed by atoms with Crippen LogP contribution in [0.5, 0.6) is 11.5 Å². The highest BCUT2D eigenvalue weighted by molar-refractivity contribution is 8.00. The van der Waals surface area contributed by atoms with E-state index in [0.29, 0.717) is 10.6 Å². The van der Waals surface area contributed by atoms with Gasteiger partial charge in [0, 0.05) is 22.8 Å². The summed E-state index contributed by atoms with van der Waals surface area (Å²) in [4.78, 5) is 0. The lowest BCUT2D eigenvalue weighted by Gasteiger charge is -2.29. The normalized spacial score (nSPS) is 29.7. The fraction of sp³-hybridized carbons (Fsp3) is 0.600. The lowest BCUT2D eigenvalue weighted by molar-refractivity contribution is 0.254. The summed E-state index contributed by atoms with van der Waals surface area (Å²) in [6.45, 7) is 5.47. The third-order valence-corrected chi connectivity index (χ3v) is 5.17. The first-order valence-corrected chi connectivity index (χ1v) is 7.88. The van der Waals surface area contributed by atoms with Gasteiger partial charge in [0.1, 0.15) is 17.6 Å². The molecule has 3 nitrogen and oxygen atoms in total. The van der Waals surface area contributed by atoms with Gasteiger partial charge < -0.3 is 14.8 Å². The first kappa shape index (κ1) is 13.1. The van der Waals surface area contributed by atoms with Crippen LogP contribution in [-0.4, -0.2) is 25.0 Å². The Bertz CT molecular complexity index is 477. The molecule has 0 amide bonds. The smallest absolute Gasteiger partial charge is 0.125 e. The molecule has 3 rings (SSSR count). The van der Waals surface area contributed by atoms with E-state index >= 15 is 0 Å². The van der Waals surface area contributed by atoms with Gasteiger partial charge in [-0.15, -0.1) is 11.8 Å². The van der Waals surface area contributed by atoms with Crippen LogP contribution in [-0.2, 0) is 6.42 Å². The summed E-state index contributed by atoms with van der Waals surface area (Å²) < 4.78 is 11.5. The van der Waals surface area contributed by atoms with E-state index in [1.165, 1.54) is 17.5 Å². The van der Waals surface area contributed by atoms with Crippen LogP contribution >= 0.6 is 11.8 Å². The van der Waals surface area contributed by atoms with E-state index in [9.17, 15) is 0 Å². The van der Waals surface area contributed by atoms with Gasteiger partial charge in [0.05, 0.1) is 12.5 Å². The Labute approximate surface area is 119 Å². The average Bonchev–Trinajstić information content (AvgIpc) is 2.76. The van der Waals surface area contributed by atoms with E-state index in [1.807, 2.05) is 11.8 Å². The van der Waals surface area contributed by atoms with Crippen molar-refractivity contribution >= 4 is 11.8 Å². The number of thioether (sulfide) groups is 1. The zero-order chi connectivity index (χ0) is 13.4. The monoisotopic (exact) mass is 279 g/mol. The van der Waals surface area contributed by atoms with E-state index in [1.54, 1.807) is 7.11 Å². The van der Waals surface area contributed by atoms with Gasteiger partial charge in [0.25, 0.3) is 0 Å². The van der Waals surface area contributed by atoms with Crippen LogP contribution in [0.2, 0.25) is 0 Å². The zero-order valence-electron chi connectivity index (χ0n) is 11.7. The molecule has 0 saturated carbocycles. The minimum absolute atomic E-state index is 0.279. The highest BCUT2D eigenvalue weighted by Crippen LogP contribution is 2.43. The Kier molecular flexibility index (Phi) is 3.63. The molecule has 19 heavy (non-hydrogen) atoms. The van der Waals surface area contributed by atoms with Crippen LogP contribution in [0, 0.1) is 0 Å². The number of benzene rings is 1. The summed E-state index contributed by atoms with van der Waals surface area (Å²) in [6, 6.07) is 4.32. The second-order valence-electron chi connectivity index (χ2n) is 5.40. The van der Waals surface area contributed by atoms with Gasteiger partial charge >= 0.3 is 0 Å². The lowest BCUT2D eigenvalue weighted by atomic mass is 10.1. The van der Waals surface area contributed by atoms with Gasteiger partial charge in [0.2, 0.25) is 0 Å². The van der Waals surface area contributed by atoms with Crippen molar-refractivity contribution in [1.29, 1.82) is 0 Å². The van der Waals surface area contributed by atoms with E-state index in [4.69, 9.17) is 9.47 Å². The molecular weight excluding hydrogens is 258 g/mol. The van der Waals surface area contributed by atoms with Crippen LogP contribution in [0.1, 0.15) is 36.8 Å². The number of methoxy groups -OCH3 is 1. The van der Waals surface area contributed by atoms with Crippen molar-refractivity contribution in [3.63, 3.8) is 0 Å². The molecule has 1 N–H and O–H groups in total. The predicted molar refractivity (Wildman–Crippen MR) is 79.2 cm³/mol. The van der Waals surface area contributed by atoms with Crippen molar-refractivity contribution in [3.8, 4) is 11.5 Å². The molecule has 0 aliphatic carbocycles. The maximum Gasteiger partial charge on any atom is 0.125 e. The summed E-state index contributed by atoms with van der Waals surface area (Å²) in [5, 5.41) is 4.56. The van der Waals surface area contributed by atoms with Crippen LogP contribution < -0.4 is 14.8 Å². The van der Waals surface area contributed by atoms with E-state index in [-0.39, 0.29) is 6.10 Å². The second-order valence-corrected chi connectivity index (χ2v) is 6.95. The van der Waals surface area contributed by atoms with Gasteiger partial charge in [-0.2, -0.15) is 0 Å². The fourth-order valence-electron chi connectivity index (χ4n) is 2.79. The Hall–Kier alpha value is -0.870. The number of ether oxygens (including phenoxy) is 2. The van der Waals surface area contributed by atoms with Crippen molar-refractivity contribution in [3.05, 3.63) is 23.3 Å². The van der Waals surface area contributed by atoms with E-state index < -0.39 is 0 Å². The van der Waals surface area contributed by atoms with Crippen molar-refractivity contribution in [2.75, 3.05) is 13.7 Å². The third kappa shape index (κ3) is 2.56. The van der Waals surface area contributed by atoms with Gasteiger partial charge in [0.15, 0.2) is 0 Å². The molecular formula is C15H21NO2S. The molecule has 0 aromatic heterocycles. The van der Waals surface area contributed by atoms with Crippen LogP contribution in [0.15, 0.2) is 12.1 Å². The van der Waals surface area contributed by atoms with Gasteiger partial charge in [-0.1, -0.05) is 6.92 Å². The summed E-state index contributed by atoms with van der Waals surface area (Å²) in [5.74, 6) is 2.01. The minimum atomic E-state index is 0.279. The highest BCUT2D eigenvalue weighted by atomic mass is 32.2. The molecule has 1 fully saturated rings. The predicted octanol–water partition coefficient (Wildman–Crippen LogP) is 3.13. The molecule has 1 saturated heterocycles. The first-order chi connectivity index (χ1) is 9.17. The SMILES string of the molecule is COc1cc2c(cc1C1NCCC(C)S1)OC(C)C2. The van der Waals surface area contributed by atoms with E-state index in [0.717, 1.165) is 24.5 Å². The molecule has 1 aromatic rings. The first-order valence-electron chi connectivity index (χ1n) is 6.93. The molecule has 1 aromatic carbocycles. The Balaban J connectivity index is 1.94.